The van der Waals surface area contributed by atoms with Crippen LogP contribution in [-0.4, -0.2) is 30.0 Å². The van der Waals surface area contributed by atoms with Crippen molar-refractivity contribution in [1.29, 1.82) is 0 Å². The summed E-state index contributed by atoms with van der Waals surface area (Å²) in [6.07, 6.45) is 2.79. The van der Waals surface area contributed by atoms with E-state index in [1.807, 2.05) is 0 Å². The molecule has 3 atom stereocenters. The summed E-state index contributed by atoms with van der Waals surface area (Å²) < 4.78 is 5.60. The van der Waals surface area contributed by atoms with Crippen molar-refractivity contribution in [3.63, 3.8) is 0 Å². The fourth-order valence-electron chi connectivity index (χ4n) is 1.97. The van der Waals surface area contributed by atoms with Crippen LogP contribution in [0.5, 0.6) is 0 Å². The summed E-state index contributed by atoms with van der Waals surface area (Å²) in [6.45, 7) is 4.80. The van der Waals surface area contributed by atoms with E-state index in [2.05, 4.69) is 23.9 Å². The predicted molar refractivity (Wildman–Crippen MR) is 57.4 cm³/mol. The number of epoxide rings is 1. The number of aliphatic hydroxyl groups is 1. The zero-order chi connectivity index (χ0) is 11.3. The fraction of sp³-hybridized carbons (Fsp3) is 1.00. The van der Waals surface area contributed by atoms with Gasteiger partial charge in [0.25, 0.3) is 0 Å². The normalized spacial score (nSPS) is 30.7. The number of rotatable bonds is 7. The molecule has 1 aliphatic heterocycles. The third kappa shape index (κ3) is 2.84. The predicted octanol–water partition coefficient (Wildman–Crippen LogP) is 2.25. The van der Waals surface area contributed by atoms with Crippen LogP contribution in [0.1, 0.15) is 33.1 Å². The van der Waals surface area contributed by atoms with Gasteiger partial charge < -0.3 is 9.84 Å². The van der Waals surface area contributed by atoms with E-state index >= 15 is 0 Å². The van der Waals surface area contributed by atoms with E-state index < -0.39 is 0 Å². The second-order valence-electron chi connectivity index (χ2n) is 4.20. The van der Waals surface area contributed by atoms with Gasteiger partial charge in [0.15, 0.2) is 0 Å². The number of ether oxygens (including phenoxy) is 1. The molecule has 5 nitrogen and oxygen atoms in total. The first-order valence-corrected chi connectivity index (χ1v) is 5.49. The van der Waals surface area contributed by atoms with Crippen molar-refractivity contribution in [1.82, 2.24) is 0 Å². The number of azide groups is 1. The molecule has 0 spiro atoms. The van der Waals surface area contributed by atoms with Gasteiger partial charge in [-0.05, 0) is 24.3 Å². The zero-order valence-electron chi connectivity index (χ0n) is 9.39. The van der Waals surface area contributed by atoms with Gasteiger partial charge in [0.1, 0.15) is 5.60 Å². The van der Waals surface area contributed by atoms with Crippen LogP contribution in [0.25, 0.3) is 10.4 Å². The van der Waals surface area contributed by atoms with Crippen LogP contribution in [0, 0.1) is 5.92 Å². The largest absolute Gasteiger partial charge is 0.393 e. The van der Waals surface area contributed by atoms with Crippen LogP contribution < -0.4 is 0 Å². The van der Waals surface area contributed by atoms with Crippen molar-refractivity contribution >= 4 is 0 Å². The molecular weight excluding hydrogens is 194 g/mol. The van der Waals surface area contributed by atoms with Gasteiger partial charge in [-0.25, -0.2) is 0 Å². The summed E-state index contributed by atoms with van der Waals surface area (Å²) in [5.41, 5.74) is 7.78. The Bertz CT molecular complexity index is 253. The summed E-state index contributed by atoms with van der Waals surface area (Å²) in [5, 5.41) is 12.8. The number of aliphatic hydroxyl groups excluding tert-OH is 1. The molecule has 1 rings (SSSR count). The average molecular weight is 213 g/mol. The first kappa shape index (κ1) is 12.3. The number of hydrogen-bond acceptors (Lipinski definition) is 3. The lowest BCUT2D eigenvalue weighted by Gasteiger charge is -2.11. The molecule has 0 aromatic rings. The molecular formula is C10H19N3O2. The highest BCUT2D eigenvalue weighted by Gasteiger charge is 2.56. The van der Waals surface area contributed by atoms with Gasteiger partial charge in [-0.1, -0.05) is 25.4 Å². The summed E-state index contributed by atoms with van der Waals surface area (Å²) in [7, 11) is 0. The van der Waals surface area contributed by atoms with E-state index in [-0.39, 0.29) is 18.3 Å². The maximum atomic E-state index is 9.30. The third-order valence-corrected chi connectivity index (χ3v) is 3.17. The topological polar surface area (TPSA) is 81.5 Å². The van der Waals surface area contributed by atoms with Crippen LogP contribution in [0.2, 0.25) is 0 Å². The molecule has 86 valence electrons. The molecule has 0 aromatic carbocycles. The molecule has 0 saturated carbocycles. The highest BCUT2D eigenvalue weighted by atomic mass is 16.6. The minimum atomic E-state index is -0.347. The van der Waals surface area contributed by atoms with Crippen LogP contribution >= 0.6 is 0 Å². The van der Waals surface area contributed by atoms with Crippen LogP contribution in [-0.2, 0) is 4.74 Å². The van der Waals surface area contributed by atoms with Crippen molar-refractivity contribution in [3.05, 3.63) is 10.4 Å². The Morgan fingerprint density at radius 2 is 2.40 bits per heavy atom. The Morgan fingerprint density at radius 1 is 1.67 bits per heavy atom. The summed E-state index contributed by atoms with van der Waals surface area (Å²) in [6, 6.07) is 0. The zero-order valence-corrected chi connectivity index (χ0v) is 9.39. The van der Waals surface area contributed by atoms with Crippen molar-refractivity contribution in [2.75, 3.05) is 13.2 Å². The first-order chi connectivity index (χ1) is 7.20. The van der Waals surface area contributed by atoms with Gasteiger partial charge in [0.2, 0.25) is 0 Å². The SMILES string of the molecule is CCC(C)C1OC1(CO)CCCN=[N+]=[N-]. The van der Waals surface area contributed by atoms with E-state index in [0.717, 1.165) is 19.3 Å². The van der Waals surface area contributed by atoms with Crippen molar-refractivity contribution < 1.29 is 9.84 Å². The molecule has 15 heavy (non-hydrogen) atoms. The van der Waals surface area contributed by atoms with E-state index in [9.17, 15) is 5.11 Å². The molecule has 1 saturated heterocycles. The number of hydrogen-bond donors (Lipinski definition) is 1. The Hall–Kier alpha value is -0.770. The van der Waals surface area contributed by atoms with E-state index in [1.54, 1.807) is 0 Å². The molecule has 1 N–H and O–H groups in total. The summed E-state index contributed by atoms with van der Waals surface area (Å²) >= 11 is 0. The lowest BCUT2D eigenvalue weighted by Crippen LogP contribution is -2.24. The molecule has 5 heteroatoms. The minimum Gasteiger partial charge on any atom is -0.393 e. The second-order valence-corrected chi connectivity index (χ2v) is 4.20. The quantitative estimate of drug-likeness (QED) is 0.231. The highest BCUT2D eigenvalue weighted by Crippen LogP contribution is 2.45. The average Bonchev–Trinajstić information content (AvgIpc) is 2.99. The molecule has 0 bridgehead atoms. The molecule has 0 amide bonds. The maximum absolute atomic E-state index is 9.30. The third-order valence-electron chi connectivity index (χ3n) is 3.17. The minimum absolute atomic E-state index is 0.0677. The molecule has 3 unspecified atom stereocenters. The molecule has 1 aliphatic rings. The number of nitrogens with zero attached hydrogens (tertiary/aromatic N) is 3. The van der Waals surface area contributed by atoms with E-state index in [1.165, 1.54) is 0 Å². The van der Waals surface area contributed by atoms with Gasteiger partial charge in [-0.2, -0.15) is 0 Å². The van der Waals surface area contributed by atoms with Crippen molar-refractivity contribution in [2.45, 2.75) is 44.8 Å². The van der Waals surface area contributed by atoms with Gasteiger partial charge in [0.05, 0.1) is 12.7 Å². The molecule has 0 radical (unpaired) electrons. The standard InChI is InChI=1S/C10H19N3O2/c1-3-8(2)9-10(7-14,15-9)5-4-6-12-13-11/h8-9,14H,3-7H2,1-2H3. The maximum Gasteiger partial charge on any atom is 0.118 e. The first-order valence-electron chi connectivity index (χ1n) is 5.49. The van der Waals surface area contributed by atoms with E-state index in [4.69, 9.17) is 10.3 Å². The van der Waals surface area contributed by atoms with Crippen molar-refractivity contribution in [2.24, 2.45) is 11.0 Å². The highest BCUT2D eigenvalue weighted by molar-refractivity contribution is 5.04. The Morgan fingerprint density at radius 3 is 2.93 bits per heavy atom. The lowest BCUT2D eigenvalue weighted by molar-refractivity contribution is 0.162. The second kappa shape index (κ2) is 5.35. The molecule has 0 aromatic heterocycles. The fourth-order valence-corrected chi connectivity index (χ4v) is 1.97. The molecule has 1 fully saturated rings. The van der Waals surface area contributed by atoms with Gasteiger partial charge in [0, 0.05) is 11.5 Å². The Kier molecular flexibility index (Phi) is 4.39. The Balaban J connectivity index is 2.34. The monoisotopic (exact) mass is 213 g/mol. The van der Waals surface area contributed by atoms with E-state index in [0.29, 0.717) is 12.5 Å². The van der Waals surface area contributed by atoms with Crippen LogP contribution in [0.4, 0.5) is 0 Å². The Labute approximate surface area is 90.1 Å². The summed E-state index contributed by atoms with van der Waals surface area (Å²) in [5.74, 6) is 0.483. The van der Waals surface area contributed by atoms with Gasteiger partial charge in [-0.3, -0.25) is 0 Å². The smallest absolute Gasteiger partial charge is 0.118 e. The van der Waals surface area contributed by atoms with Gasteiger partial charge >= 0.3 is 0 Å². The summed E-state index contributed by atoms with van der Waals surface area (Å²) in [4.78, 5) is 2.69. The molecule has 1 heterocycles. The van der Waals surface area contributed by atoms with Gasteiger partial charge in [-0.15, -0.1) is 0 Å². The van der Waals surface area contributed by atoms with Crippen LogP contribution in [0.15, 0.2) is 5.11 Å². The molecule has 0 aliphatic carbocycles. The van der Waals surface area contributed by atoms with Crippen molar-refractivity contribution in [3.8, 4) is 0 Å². The lowest BCUT2D eigenvalue weighted by atomic mass is 9.91. The van der Waals surface area contributed by atoms with Crippen LogP contribution in [0.3, 0.4) is 0 Å².